The van der Waals surface area contributed by atoms with E-state index in [4.69, 9.17) is 15.6 Å². The highest BCUT2D eigenvalue weighted by atomic mass is 32.2. The van der Waals surface area contributed by atoms with Crippen molar-refractivity contribution in [3.05, 3.63) is 94.8 Å². The zero-order valence-electron chi connectivity index (χ0n) is 25.5. The van der Waals surface area contributed by atoms with Gasteiger partial charge in [-0.05, 0) is 73.2 Å². The maximum atomic E-state index is 13.8. The van der Waals surface area contributed by atoms with E-state index in [1.807, 2.05) is 32.9 Å². The van der Waals surface area contributed by atoms with E-state index >= 15 is 0 Å². The monoisotopic (exact) mass is 595 g/mol. The normalized spacial score (nSPS) is 17.6. The fourth-order valence-corrected chi connectivity index (χ4v) is 6.29. The van der Waals surface area contributed by atoms with Crippen LogP contribution < -0.4 is 10.2 Å². The van der Waals surface area contributed by atoms with Gasteiger partial charge in [0.2, 0.25) is 5.88 Å². The Morgan fingerprint density at radius 1 is 1.21 bits per heavy atom. The smallest absolute Gasteiger partial charge is 0.301 e. The van der Waals surface area contributed by atoms with Gasteiger partial charge < -0.3 is 4.74 Å². The Morgan fingerprint density at radius 3 is 2.52 bits per heavy atom. The van der Waals surface area contributed by atoms with Crippen LogP contribution in [-0.4, -0.2) is 44.1 Å². The molecule has 2 N–H and O–H groups in total. The molecule has 0 spiro atoms. The summed E-state index contributed by atoms with van der Waals surface area (Å²) in [5.41, 5.74) is 5.01. The van der Waals surface area contributed by atoms with Crippen LogP contribution in [0, 0.1) is 17.7 Å². The van der Waals surface area contributed by atoms with E-state index in [1.165, 1.54) is 6.20 Å². The molecule has 2 aromatic heterocycles. The predicted molar refractivity (Wildman–Crippen MR) is 170 cm³/mol. The largest absolute Gasteiger partial charge is 0.472 e. The lowest BCUT2D eigenvalue weighted by atomic mass is 9.85. The van der Waals surface area contributed by atoms with Crippen LogP contribution in [0.25, 0.3) is 0 Å². The molecule has 3 heterocycles. The van der Waals surface area contributed by atoms with Gasteiger partial charge in [0.05, 0.1) is 4.90 Å². The summed E-state index contributed by atoms with van der Waals surface area (Å²) >= 11 is 0. The number of halogens is 2. The van der Waals surface area contributed by atoms with Crippen molar-refractivity contribution in [2.75, 3.05) is 6.54 Å². The first-order chi connectivity index (χ1) is 19.9. The molecule has 1 aliphatic rings. The van der Waals surface area contributed by atoms with Crippen molar-refractivity contribution in [3.63, 3.8) is 0 Å². The van der Waals surface area contributed by atoms with Crippen LogP contribution in [0.3, 0.4) is 0 Å². The van der Waals surface area contributed by atoms with E-state index < -0.39 is 22.4 Å². The van der Waals surface area contributed by atoms with Crippen molar-refractivity contribution in [1.29, 1.82) is 10.8 Å². The first kappa shape index (κ1) is 33.1. The molecule has 0 saturated heterocycles. The summed E-state index contributed by atoms with van der Waals surface area (Å²) in [6.07, 6.45) is 4.64. The Labute approximate surface area is 251 Å². The lowest BCUT2D eigenvalue weighted by Crippen LogP contribution is -2.37. The van der Waals surface area contributed by atoms with E-state index in [9.17, 15) is 8.78 Å². The highest BCUT2D eigenvalue weighted by Crippen LogP contribution is 2.40. The fourth-order valence-electron chi connectivity index (χ4n) is 4.83. The van der Waals surface area contributed by atoms with E-state index in [2.05, 4.69) is 53.8 Å². The van der Waals surface area contributed by atoms with Gasteiger partial charge in [0.1, 0.15) is 11.6 Å². The minimum absolute atomic E-state index is 0.00766. The molecule has 1 aromatic carbocycles. The maximum Gasteiger partial charge on any atom is 0.301 e. The molecule has 0 saturated carbocycles. The van der Waals surface area contributed by atoms with Gasteiger partial charge in [0, 0.05) is 38.3 Å². The van der Waals surface area contributed by atoms with Gasteiger partial charge in [-0.3, -0.25) is 15.4 Å². The molecule has 6 nitrogen and oxygen atoms in total. The Morgan fingerprint density at radius 2 is 1.90 bits per heavy atom. The zero-order chi connectivity index (χ0) is 31.2. The number of aryl methyl sites for hydroxylation is 1. The lowest BCUT2D eigenvalue weighted by molar-refractivity contribution is 0.0951. The number of ether oxygens (including phenoxy) is 1. The number of benzene rings is 1. The van der Waals surface area contributed by atoms with E-state index in [1.54, 1.807) is 18.3 Å². The second kappa shape index (κ2) is 14.2. The van der Waals surface area contributed by atoms with Gasteiger partial charge in [0.15, 0.2) is 5.84 Å². The standard InChI is InChI=1S/C31H37F2N5OS.C2H6/c1-7-25-19-37(40(6)27-9-8-13-36-29(27)39-25)18-24-16-22(11-10-21(24)4)26(15-20(2)3)23-12-14-38(28(34)17-23)30(35)31(5,32)33;1-2/h8-14,16-17,25-26,34-35H,2,6-7,15,18-19H2,1,3-5H3;1-2H3. The Hall–Kier alpha value is -3.43. The van der Waals surface area contributed by atoms with Crippen LogP contribution >= 0.6 is 10.7 Å². The highest BCUT2D eigenvalue weighted by molar-refractivity contribution is 8.12. The van der Waals surface area contributed by atoms with Gasteiger partial charge in [-0.25, -0.2) is 9.29 Å². The molecule has 0 aliphatic carbocycles. The molecule has 4 rings (SSSR count). The molecule has 0 amide bonds. The molecule has 3 aromatic rings. The van der Waals surface area contributed by atoms with Crippen LogP contribution in [-0.2, 0) is 6.54 Å². The maximum absolute atomic E-state index is 13.8. The molecular formula is C33H43F2N5OS. The van der Waals surface area contributed by atoms with Crippen LogP contribution in [0.15, 0.2) is 71.9 Å². The lowest BCUT2D eigenvalue weighted by Gasteiger charge is -2.27. The van der Waals surface area contributed by atoms with Gasteiger partial charge in [0.25, 0.3) is 0 Å². The van der Waals surface area contributed by atoms with Crippen LogP contribution in [0.5, 0.6) is 5.88 Å². The Balaban J connectivity index is 0.00000237. The average Bonchev–Trinajstić information content (AvgIpc) is 3.09. The molecule has 0 radical (unpaired) electrons. The van der Waals surface area contributed by atoms with Crippen molar-refractivity contribution < 1.29 is 13.5 Å². The molecule has 226 valence electrons. The zero-order valence-corrected chi connectivity index (χ0v) is 26.3. The minimum Gasteiger partial charge on any atom is -0.472 e. The number of hydrogen-bond donors (Lipinski definition) is 2. The van der Waals surface area contributed by atoms with Gasteiger partial charge in [-0.2, -0.15) is 8.78 Å². The summed E-state index contributed by atoms with van der Waals surface area (Å²) in [6.45, 7) is 16.4. The van der Waals surface area contributed by atoms with Crippen LogP contribution in [0.2, 0.25) is 0 Å². The van der Waals surface area contributed by atoms with Crippen molar-refractivity contribution in [2.24, 2.45) is 0 Å². The fraction of sp³-hybridized carbons (Fsp3) is 0.394. The minimum atomic E-state index is -3.34. The summed E-state index contributed by atoms with van der Waals surface area (Å²) in [4.78, 5) is 5.46. The second-order valence-corrected chi connectivity index (χ2v) is 12.2. The van der Waals surface area contributed by atoms with Crippen LogP contribution in [0.4, 0.5) is 8.78 Å². The van der Waals surface area contributed by atoms with Crippen molar-refractivity contribution in [3.8, 4) is 5.88 Å². The number of nitrogens with one attached hydrogen (secondary N) is 2. The molecule has 42 heavy (non-hydrogen) atoms. The first-order valence-corrected chi connectivity index (χ1v) is 15.6. The molecule has 0 fully saturated rings. The third kappa shape index (κ3) is 7.69. The Kier molecular flexibility index (Phi) is 11.2. The topological polar surface area (TPSA) is 78.0 Å². The summed E-state index contributed by atoms with van der Waals surface area (Å²) in [5.74, 6) is 0.764. The summed E-state index contributed by atoms with van der Waals surface area (Å²) in [5, 5.41) is 16.2. The summed E-state index contributed by atoms with van der Waals surface area (Å²) in [7, 11) is -0.459. The van der Waals surface area contributed by atoms with Gasteiger partial charge in [-0.1, -0.05) is 61.1 Å². The number of aromatic nitrogens is 2. The summed E-state index contributed by atoms with van der Waals surface area (Å²) in [6, 6.07) is 13.6. The molecule has 3 unspecified atom stereocenters. The van der Waals surface area contributed by atoms with Crippen LogP contribution in [0.1, 0.15) is 75.6 Å². The van der Waals surface area contributed by atoms with Crippen molar-refractivity contribution >= 4 is 22.4 Å². The number of pyridine rings is 2. The average molecular weight is 596 g/mol. The second-order valence-electron chi connectivity index (χ2n) is 10.5. The highest BCUT2D eigenvalue weighted by Gasteiger charge is 2.30. The summed E-state index contributed by atoms with van der Waals surface area (Å²) < 4.78 is 37.0. The van der Waals surface area contributed by atoms with E-state index in [0.717, 1.165) is 50.3 Å². The quantitative estimate of drug-likeness (QED) is 0.120. The Bertz CT molecular complexity index is 1510. The molecular weight excluding hydrogens is 552 g/mol. The number of hydrogen-bond acceptors (Lipinski definition) is 5. The third-order valence-electron chi connectivity index (χ3n) is 7.16. The number of rotatable bonds is 8. The van der Waals surface area contributed by atoms with E-state index in [-0.39, 0.29) is 17.5 Å². The number of allylic oxidation sites excluding steroid dienone is 1. The molecule has 0 bridgehead atoms. The first-order valence-electron chi connectivity index (χ1n) is 14.3. The number of fused-ring (bicyclic) bond motifs is 1. The molecule has 1 aliphatic heterocycles. The molecule has 9 heteroatoms. The van der Waals surface area contributed by atoms with Gasteiger partial charge >= 0.3 is 5.92 Å². The predicted octanol–water partition coefficient (Wildman–Crippen LogP) is 7.92. The SMILES string of the molecule is C=C(C)CC(c1ccc(C)c(CN2CC(CC)Oc3ncccc3S2=C)c1)c1ccn(C(=N)C(C)(F)F)c(=N)c1.CC. The van der Waals surface area contributed by atoms with Gasteiger partial charge in [-0.15, -0.1) is 6.58 Å². The third-order valence-corrected chi connectivity index (χ3v) is 8.88. The molecule has 3 atom stereocenters. The van der Waals surface area contributed by atoms with Crippen molar-refractivity contribution in [2.45, 2.75) is 83.8 Å². The number of alkyl halides is 2. The van der Waals surface area contributed by atoms with Crippen molar-refractivity contribution in [1.82, 2.24) is 13.9 Å². The van der Waals surface area contributed by atoms with E-state index in [0.29, 0.717) is 25.8 Å². The number of nitrogens with zero attached hydrogens (tertiary/aromatic N) is 3.